The zero-order valence-electron chi connectivity index (χ0n) is 18.1. The van der Waals surface area contributed by atoms with Crippen LogP contribution in [0.5, 0.6) is 0 Å². The summed E-state index contributed by atoms with van der Waals surface area (Å²) in [6.07, 6.45) is 1.32. The molecule has 166 valence electrons. The molecule has 1 N–H and O–H groups in total. The second-order valence-corrected chi connectivity index (χ2v) is 7.43. The van der Waals surface area contributed by atoms with Crippen LogP contribution in [0.3, 0.4) is 0 Å². The van der Waals surface area contributed by atoms with Crippen molar-refractivity contribution in [3.05, 3.63) is 71.3 Å². The lowest BCUT2D eigenvalue weighted by molar-refractivity contribution is -0.0245. The molecule has 3 aromatic rings. The minimum absolute atomic E-state index is 0.207. The number of aromatic nitrogens is 3. The molecule has 0 atom stereocenters. The van der Waals surface area contributed by atoms with Crippen LogP contribution in [-0.2, 0) is 12.5 Å². The van der Waals surface area contributed by atoms with Crippen LogP contribution in [0.25, 0.3) is 11.1 Å². The van der Waals surface area contributed by atoms with Crippen molar-refractivity contribution in [2.45, 2.75) is 52.0 Å². The average Bonchev–Trinajstić information content (AvgIpc) is 3.20. The number of unbranched alkanes of at least 4 members (excludes halogenated alkanes) is 1. The normalized spacial score (nSPS) is 11.1. The maximum atomic E-state index is 14.5. The Labute approximate surface area is 186 Å². The molecule has 0 unspecified atom stereocenters. The minimum atomic E-state index is -3.10. The summed E-state index contributed by atoms with van der Waals surface area (Å²) in [5.74, 6) is 1.31. The van der Waals surface area contributed by atoms with Crippen LogP contribution < -0.4 is 0 Å². The molecule has 0 fully saturated rings. The first-order valence-corrected chi connectivity index (χ1v) is 10.6. The Hall–Kier alpha value is -3.53. The summed E-state index contributed by atoms with van der Waals surface area (Å²) in [7, 11) is 0. The van der Waals surface area contributed by atoms with Crippen molar-refractivity contribution in [2.24, 2.45) is 0 Å². The number of hydrogen-bond donors (Lipinski definition) is 1. The molecule has 1 heterocycles. The third-order valence-corrected chi connectivity index (χ3v) is 4.97. The van der Waals surface area contributed by atoms with Gasteiger partial charge in [0.05, 0.1) is 12.1 Å². The van der Waals surface area contributed by atoms with Crippen molar-refractivity contribution in [2.75, 3.05) is 0 Å². The van der Waals surface area contributed by atoms with Gasteiger partial charge < -0.3 is 5.11 Å². The van der Waals surface area contributed by atoms with Crippen molar-refractivity contribution in [1.82, 2.24) is 14.8 Å². The van der Waals surface area contributed by atoms with Crippen molar-refractivity contribution in [3.63, 3.8) is 0 Å². The number of alkyl halides is 2. The van der Waals surface area contributed by atoms with E-state index in [1.807, 2.05) is 38.1 Å². The zero-order valence-corrected chi connectivity index (χ0v) is 18.1. The van der Waals surface area contributed by atoms with Gasteiger partial charge in [-0.05, 0) is 35.1 Å². The topological polar surface area (TPSA) is 68.0 Å². The van der Waals surface area contributed by atoms with Crippen molar-refractivity contribution in [1.29, 1.82) is 0 Å². The number of carboxylic acids is 1. The van der Waals surface area contributed by atoms with E-state index in [-0.39, 0.29) is 24.4 Å². The monoisotopic (exact) mass is 437 g/mol. The van der Waals surface area contributed by atoms with Crippen LogP contribution in [-0.4, -0.2) is 25.8 Å². The van der Waals surface area contributed by atoms with Gasteiger partial charge in [0, 0.05) is 12.8 Å². The van der Waals surface area contributed by atoms with Gasteiger partial charge in [0.2, 0.25) is 11.6 Å². The summed E-state index contributed by atoms with van der Waals surface area (Å²) in [6.45, 7) is 3.96. The average molecular weight is 437 g/mol. The second-order valence-electron chi connectivity index (χ2n) is 7.43. The number of hydrogen-bond acceptors (Lipinski definition) is 3. The summed E-state index contributed by atoms with van der Waals surface area (Å²) < 4.78 is 30.4. The molecule has 32 heavy (non-hydrogen) atoms. The quantitative estimate of drug-likeness (QED) is 0.457. The van der Waals surface area contributed by atoms with Crippen molar-refractivity contribution < 1.29 is 18.7 Å². The predicted octanol–water partition coefficient (Wildman–Crippen LogP) is 5.74. The van der Waals surface area contributed by atoms with E-state index in [1.54, 1.807) is 24.3 Å². The van der Waals surface area contributed by atoms with Crippen molar-refractivity contribution >= 4 is 5.97 Å². The van der Waals surface area contributed by atoms with Gasteiger partial charge in [-0.3, -0.25) is 0 Å². The first kappa shape index (κ1) is 23.1. The number of carboxylic acid groups (broad SMARTS) is 1. The second kappa shape index (κ2) is 10.2. The van der Waals surface area contributed by atoms with Crippen LogP contribution in [0.1, 0.15) is 67.1 Å². The third kappa shape index (κ3) is 5.38. The highest BCUT2D eigenvalue weighted by Gasteiger charge is 2.36. The number of benzene rings is 2. The van der Waals surface area contributed by atoms with Crippen LogP contribution in [0.4, 0.5) is 8.78 Å². The van der Waals surface area contributed by atoms with Crippen LogP contribution >= 0.6 is 0 Å². The molecule has 0 aliphatic carbocycles. The summed E-state index contributed by atoms with van der Waals surface area (Å²) in [4.78, 5) is 15.5. The Kier molecular flexibility index (Phi) is 7.37. The Morgan fingerprint density at radius 3 is 2.50 bits per heavy atom. The van der Waals surface area contributed by atoms with E-state index in [0.717, 1.165) is 11.1 Å². The molecule has 2 aromatic carbocycles. The molecule has 0 saturated carbocycles. The maximum Gasteiger partial charge on any atom is 0.336 e. The molecular weight excluding hydrogens is 412 g/mol. The highest BCUT2D eigenvalue weighted by atomic mass is 19.3. The Bertz CT molecular complexity index is 1140. The molecule has 0 bridgehead atoms. The highest BCUT2D eigenvalue weighted by molar-refractivity contribution is 5.95. The SMILES string of the molecule is CCC#Cc1nc(C(F)(F)CCCC)nn1Cc1ccc(-c2ccccc2C(=O)O)cc1. The first-order valence-electron chi connectivity index (χ1n) is 10.6. The van der Waals surface area contributed by atoms with E-state index < -0.39 is 17.7 Å². The molecule has 7 heteroatoms. The lowest BCUT2D eigenvalue weighted by Crippen LogP contribution is -2.16. The van der Waals surface area contributed by atoms with E-state index in [4.69, 9.17) is 0 Å². The predicted molar refractivity (Wildman–Crippen MR) is 119 cm³/mol. The van der Waals surface area contributed by atoms with Gasteiger partial charge in [-0.2, -0.15) is 13.8 Å². The highest BCUT2D eigenvalue weighted by Crippen LogP contribution is 2.31. The van der Waals surface area contributed by atoms with Gasteiger partial charge in [-0.15, -0.1) is 5.10 Å². The molecule has 0 saturated heterocycles. The zero-order chi connectivity index (χ0) is 23.1. The van der Waals surface area contributed by atoms with E-state index >= 15 is 0 Å². The lowest BCUT2D eigenvalue weighted by Gasteiger charge is -2.11. The summed E-state index contributed by atoms with van der Waals surface area (Å²) in [5.41, 5.74) is 2.39. The number of halogens is 2. The molecule has 0 spiro atoms. The summed E-state index contributed by atoms with van der Waals surface area (Å²) >= 11 is 0. The summed E-state index contributed by atoms with van der Waals surface area (Å²) in [5, 5.41) is 13.5. The lowest BCUT2D eigenvalue weighted by atomic mass is 9.99. The fourth-order valence-corrected chi connectivity index (χ4v) is 3.26. The Morgan fingerprint density at radius 1 is 1.12 bits per heavy atom. The largest absolute Gasteiger partial charge is 0.478 e. The van der Waals surface area contributed by atoms with Gasteiger partial charge >= 0.3 is 11.9 Å². The molecule has 1 aromatic heterocycles. The summed E-state index contributed by atoms with van der Waals surface area (Å²) in [6, 6.07) is 14.0. The third-order valence-electron chi connectivity index (χ3n) is 4.97. The van der Waals surface area contributed by atoms with Gasteiger partial charge in [0.15, 0.2) is 0 Å². The van der Waals surface area contributed by atoms with Crippen LogP contribution in [0.2, 0.25) is 0 Å². The van der Waals surface area contributed by atoms with E-state index in [1.165, 1.54) is 4.68 Å². The van der Waals surface area contributed by atoms with Gasteiger partial charge in [0.25, 0.3) is 0 Å². The minimum Gasteiger partial charge on any atom is -0.478 e. The maximum absolute atomic E-state index is 14.5. The number of aromatic carboxylic acids is 1. The van der Waals surface area contributed by atoms with E-state index in [9.17, 15) is 18.7 Å². The number of rotatable bonds is 8. The van der Waals surface area contributed by atoms with Gasteiger partial charge in [-0.1, -0.05) is 68.7 Å². The molecule has 5 nitrogen and oxygen atoms in total. The Balaban J connectivity index is 1.89. The first-order chi connectivity index (χ1) is 15.4. The van der Waals surface area contributed by atoms with Crippen LogP contribution in [0.15, 0.2) is 48.5 Å². The van der Waals surface area contributed by atoms with Crippen molar-refractivity contribution in [3.8, 4) is 23.0 Å². The molecule has 0 radical (unpaired) electrons. The standard InChI is InChI=1S/C25H25F2N3O2/c1-3-5-11-22-28-24(25(26,27)16-6-4-2)29-30(22)17-18-12-14-19(15-13-18)20-9-7-8-10-21(20)23(31)32/h7-10,12-15H,3-4,6,16-17H2,1-2H3,(H,31,32). The van der Waals surface area contributed by atoms with Gasteiger partial charge in [0.1, 0.15) is 0 Å². The smallest absolute Gasteiger partial charge is 0.336 e. The number of nitrogens with zero attached hydrogens (tertiary/aromatic N) is 3. The van der Waals surface area contributed by atoms with Gasteiger partial charge in [-0.25, -0.2) is 9.48 Å². The van der Waals surface area contributed by atoms with E-state index in [0.29, 0.717) is 24.8 Å². The van der Waals surface area contributed by atoms with Crippen LogP contribution in [0, 0.1) is 11.8 Å². The number of carbonyl (C=O) groups is 1. The molecule has 0 aliphatic heterocycles. The molecule has 0 amide bonds. The molecule has 3 rings (SSSR count). The Morgan fingerprint density at radius 2 is 1.84 bits per heavy atom. The molecule has 0 aliphatic rings. The fourth-order valence-electron chi connectivity index (χ4n) is 3.26. The molecular formula is C25H25F2N3O2. The van der Waals surface area contributed by atoms with E-state index in [2.05, 4.69) is 21.9 Å². The fraction of sp³-hybridized carbons (Fsp3) is 0.320.